The van der Waals surface area contributed by atoms with Crippen molar-refractivity contribution in [2.45, 2.75) is 19.4 Å². The molecule has 0 N–H and O–H groups in total. The van der Waals surface area contributed by atoms with Crippen LogP contribution in [0, 0.1) is 6.92 Å². The maximum Gasteiger partial charge on any atom is 0.293 e. The maximum absolute atomic E-state index is 12.2. The van der Waals surface area contributed by atoms with Crippen LogP contribution in [0.25, 0.3) is 0 Å². The number of rotatable bonds is 4. The van der Waals surface area contributed by atoms with Gasteiger partial charge in [0.1, 0.15) is 18.3 Å². The van der Waals surface area contributed by atoms with E-state index in [-0.39, 0.29) is 12.5 Å². The molecule has 3 heterocycles. The van der Waals surface area contributed by atoms with Gasteiger partial charge in [0.15, 0.2) is 0 Å². The molecule has 0 saturated heterocycles. The summed E-state index contributed by atoms with van der Waals surface area (Å²) in [5, 5.41) is 5.80. The fraction of sp³-hybridized carbons (Fsp3) is 0.385. The van der Waals surface area contributed by atoms with Crippen molar-refractivity contribution in [2.75, 3.05) is 14.2 Å². The van der Waals surface area contributed by atoms with Gasteiger partial charge in [0.05, 0.1) is 19.6 Å². The van der Waals surface area contributed by atoms with Gasteiger partial charge in [0.2, 0.25) is 5.90 Å². The van der Waals surface area contributed by atoms with Crippen molar-refractivity contribution in [3.05, 3.63) is 29.5 Å². The second-order valence-electron chi connectivity index (χ2n) is 4.69. The van der Waals surface area contributed by atoms with Gasteiger partial charge >= 0.3 is 0 Å². The number of hydrogen-bond donors (Lipinski definition) is 0. The van der Waals surface area contributed by atoms with Gasteiger partial charge in [0, 0.05) is 29.7 Å². The van der Waals surface area contributed by atoms with Crippen LogP contribution in [0.1, 0.15) is 22.9 Å². The molecule has 9 heteroatoms. The normalized spacial score (nSPS) is 17.8. The number of ether oxygens (including phenoxy) is 2. The predicted octanol–water partition coefficient (Wildman–Crippen LogP) is 1.53. The Morgan fingerprint density at radius 1 is 1.45 bits per heavy atom. The Labute approximate surface area is 130 Å². The lowest BCUT2D eigenvalue weighted by Gasteiger charge is -2.11. The molecule has 0 aliphatic carbocycles. The molecule has 2 aromatic rings. The van der Waals surface area contributed by atoms with Crippen LogP contribution < -0.4 is 4.74 Å². The van der Waals surface area contributed by atoms with E-state index in [9.17, 15) is 4.79 Å². The highest BCUT2D eigenvalue weighted by Gasteiger charge is 2.38. The van der Waals surface area contributed by atoms with E-state index in [1.54, 1.807) is 20.2 Å². The minimum absolute atomic E-state index is 0.175. The van der Waals surface area contributed by atoms with Gasteiger partial charge in [-0.05, 0) is 6.92 Å². The molecule has 0 saturated carbocycles. The van der Waals surface area contributed by atoms with Crippen LogP contribution in [0.2, 0.25) is 0 Å². The summed E-state index contributed by atoms with van der Waals surface area (Å²) in [6.07, 6.45) is 3.06. The largest absolute Gasteiger partial charge is 0.482 e. The van der Waals surface area contributed by atoms with E-state index >= 15 is 0 Å². The van der Waals surface area contributed by atoms with Crippen LogP contribution in [-0.2, 0) is 16.1 Å². The molecule has 3 rings (SSSR count). The van der Waals surface area contributed by atoms with E-state index in [0.717, 1.165) is 5.56 Å². The summed E-state index contributed by atoms with van der Waals surface area (Å²) < 4.78 is 20.1. The van der Waals surface area contributed by atoms with E-state index in [1.165, 1.54) is 29.9 Å². The van der Waals surface area contributed by atoms with E-state index in [1.807, 2.05) is 0 Å². The Balaban J connectivity index is 1.80. The summed E-state index contributed by atoms with van der Waals surface area (Å²) in [6.45, 7) is 2.02. The molecule has 0 fully saturated rings. The first kappa shape index (κ1) is 14.5. The Morgan fingerprint density at radius 3 is 2.95 bits per heavy atom. The van der Waals surface area contributed by atoms with Gasteiger partial charge in [0.25, 0.3) is 11.1 Å². The molecule has 8 nitrogen and oxygen atoms in total. The lowest BCUT2D eigenvalue weighted by Crippen LogP contribution is -2.24. The first-order chi connectivity index (χ1) is 10.6. The molecule has 0 bridgehead atoms. The zero-order valence-corrected chi connectivity index (χ0v) is 13.1. The number of aryl methyl sites for hydroxylation is 1. The molecule has 2 aromatic heterocycles. The number of furan rings is 1. The third-order valence-electron chi connectivity index (χ3n) is 3.22. The van der Waals surface area contributed by atoms with Crippen molar-refractivity contribution >= 4 is 23.3 Å². The molecule has 0 aromatic carbocycles. The van der Waals surface area contributed by atoms with Crippen LogP contribution in [0.4, 0.5) is 0 Å². The van der Waals surface area contributed by atoms with Crippen molar-refractivity contribution in [1.82, 2.24) is 14.4 Å². The minimum atomic E-state index is -0.608. The van der Waals surface area contributed by atoms with Crippen LogP contribution >= 0.6 is 11.5 Å². The van der Waals surface area contributed by atoms with E-state index < -0.39 is 5.92 Å². The number of methoxy groups -OCH3 is 1. The highest BCUT2D eigenvalue weighted by Crippen LogP contribution is 2.30. The number of hydrogen-bond acceptors (Lipinski definition) is 8. The van der Waals surface area contributed by atoms with Gasteiger partial charge < -0.3 is 13.9 Å². The van der Waals surface area contributed by atoms with Crippen LogP contribution in [0.3, 0.4) is 0 Å². The first-order valence-electron chi connectivity index (χ1n) is 6.48. The van der Waals surface area contributed by atoms with Crippen LogP contribution in [0.5, 0.6) is 5.19 Å². The molecule has 1 unspecified atom stereocenters. The van der Waals surface area contributed by atoms with Crippen molar-refractivity contribution in [1.29, 1.82) is 0 Å². The minimum Gasteiger partial charge on any atom is -0.482 e. The van der Waals surface area contributed by atoms with Gasteiger partial charge in [-0.3, -0.25) is 4.79 Å². The number of carbonyl (C=O) groups is 1. The van der Waals surface area contributed by atoms with Crippen molar-refractivity contribution in [3.8, 4) is 5.19 Å². The monoisotopic (exact) mass is 322 g/mol. The van der Waals surface area contributed by atoms with Crippen molar-refractivity contribution < 1.29 is 18.7 Å². The molecule has 1 aliphatic rings. The SMILES string of the molecule is COC1=NN(C)C(=O)C1c1cocc1COc1nc(C)ns1. The van der Waals surface area contributed by atoms with Gasteiger partial charge in [-0.1, -0.05) is 0 Å². The zero-order valence-electron chi connectivity index (χ0n) is 12.3. The van der Waals surface area contributed by atoms with Crippen LogP contribution in [-0.4, -0.2) is 40.3 Å². The summed E-state index contributed by atoms with van der Waals surface area (Å²) in [4.78, 5) is 16.4. The Morgan fingerprint density at radius 2 is 2.27 bits per heavy atom. The molecule has 1 aliphatic heterocycles. The Bertz CT molecular complexity index is 723. The molecular weight excluding hydrogens is 308 g/mol. The number of amides is 1. The first-order valence-corrected chi connectivity index (χ1v) is 7.25. The second kappa shape index (κ2) is 5.76. The van der Waals surface area contributed by atoms with Crippen LogP contribution in [0.15, 0.2) is 22.0 Å². The average molecular weight is 322 g/mol. The summed E-state index contributed by atoms with van der Waals surface area (Å²) >= 11 is 1.18. The van der Waals surface area contributed by atoms with E-state index in [2.05, 4.69) is 14.5 Å². The summed E-state index contributed by atoms with van der Waals surface area (Å²) in [5.41, 5.74) is 1.42. The second-order valence-corrected chi connectivity index (χ2v) is 5.40. The number of carbonyl (C=O) groups excluding carboxylic acids is 1. The van der Waals surface area contributed by atoms with Gasteiger partial charge in [-0.15, -0.1) is 5.10 Å². The Hall–Kier alpha value is -2.42. The van der Waals surface area contributed by atoms with Gasteiger partial charge in [-0.25, -0.2) is 5.01 Å². The van der Waals surface area contributed by atoms with E-state index in [0.29, 0.717) is 22.5 Å². The summed E-state index contributed by atoms with van der Waals surface area (Å²) in [7, 11) is 3.07. The highest BCUT2D eigenvalue weighted by atomic mass is 32.1. The summed E-state index contributed by atoms with van der Waals surface area (Å²) in [5.74, 6) is 0.213. The molecule has 1 atom stereocenters. The smallest absolute Gasteiger partial charge is 0.293 e. The Kier molecular flexibility index (Phi) is 3.80. The fourth-order valence-electron chi connectivity index (χ4n) is 2.15. The zero-order chi connectivity index (χ0) is 15.7. The molecule has 22 heavy (non-hydrogen) atoms. The third kappa shape index (κ3) is 2.54. The maximum atomic E-state index is 12.2. The number of likely N-dealkylation sites (N-methyl/N-ethyl adjacent to an activating group) is 1. The van der Waals surface area contributed by atoms with Crippen molar-refractivity contribution in [3.63, 3.8) is 0 Å². The quantitative estimate of drug-likeness (QED) is 0.848. The topological polar surface area (TPSA) is 90.0 Å². The van der Waals surface area contributed by atoms with Crippen molar-refractivity contribution in [2.24, 2.45) is 5.10 Å². The molecule has 0 spiro atoms. The number of nitrogens with zero attached hydrogens (tertiary/aromatic N) is 4. The van der Waals surface area contributed by atoms with E-state index in [4.69, 9.17) is 13.9 Å². The summed E-state index contributed by atoms with van der Waals surface area (Å²) in [6, 6.07) is 0. The lowest BCUT2D eigenvalue weighted by atomic mass is 9.98. The number of aromatic nitrogens is 2. The molecular formula is C13H14N4O4S. The average Bonchev–Trinajstić information content (AvgIpc) is 3.18. The van der Waals surface area contributed by atoms with Gasteiger partial charge in [-0.2, -0.15) is 9.36 Å². The molecule has 1 amide bonds. The molecule has 116 valence electrons. The highest BCUT2D eigenvalue weighted by molar-refractivity contribution is 7.07. The lowest BCUT2D eigenvalue weighted by molar-refractivity contribution is -0.128. The third-order valence-corrected chi connectivity index (χ3v) is 3.94. The fourth-order valence-corrected chi connectivity index (χ4v) is 2.69. The molecule has 0 radical (unpaired) electrons. The standard InChI is InChI=1S/C13H14N4O4S/c1-7-14-13(22-16-7)21-5-8-4-20-6-9(8)10-11(19-3)15-17(2)12(10)18/h4,6,10H,5H2,1-3H3. The predicted molar refractivity (Wildman–Crippen MR) is 77.6 cm³/mol. The number of hydrazone groups is 1.